The topological polar surface area (TPSA) is 63.6 Å². The van der Waals surface area contributed by atoms with Crippen molar-refractivity contribution in [3.8, 4) is 0 Å². The molecule has 0 saturated heterocycles. The van der Waals surface area contributed by atoms with Gasteiger partial charge in [-0.15, -0.1) is 12.6 Å². The average molecular weight is 196 g/mol. The van der Waals surface area contributed by atoms with Crippen molar-refractivity contribution >= 4 is 35.7 Å². The van der Waals surface area contributed by atoms with Gasteiger partial charge in [-0.1, -0.05) is 0 Å². The minimum atomic E-state index is -1.42. The van der Waals surface area contributed by atoms with Crippen molar-refractivity contribution in [1.82, 2.24) is 0 Å². The number of carboxylic acids is 1. The maximum atomic E-state index is 10.6. The Kier molecular flexibility index (Phi) is 3.74. The van der Waals surface area contributed by atoms with Crippen molar-refractivity contribution in [2.45, 2.75) is 11.0 Å². The molecule has 0 aromatic carbocycles. The third kappa shape index (κ3) is 3.52. The van der Waals surface area contributed by atoms with E-state index in [0.717, 1.165) is 0 Å². The van der Waals surface area contributed by atoms with Crippen LogP contribution in [0.1, 0.15) is 6.92 Å². The Morgan fingerprint density at radius 3 is 2.36 bits per heavy atom. The number of hydrogen-bond acceptors (Lipinski definition) is 5. The van der Waals surface area contributed by atoms with Gasteiger partial charge in [0.1, 0.15) is 0 Å². The van der Waals surface area contributed by atoms with Crippen LogP contribution in [-0.4, -0.2) is 27.6 Å². The summed E-state index contributed by atoms with van der Waals surface area (Å²) in [4.78, 5) is 20.9. The van der Waals surface area contributed by atoms with Crippen LogP contribution in [0.5, 0.6) is 0 Å². The molecule has 1 atom stereocenters. The van der Waals surface area contributed by atoms with Crippen molar-refractivity contribution in [2.75, 3.05) is 7.11 Å². The molecule has 11 heavy (non-hydrogen) atoms. The second kappa shape index (κ2) is 3.87. The molecule has 0 rings (SSSR count). The van der Waals surface area contributed by atoms with Gasteiger partial charge >= 0.3 is 11.3 Å². The molecule has 64 valence electrons. The van der Waals surface area contributed by atoms with Crippen LogP contribution in [-0.2, 0) is 9.53 Å². The van der Waals surface area contributed by atoms with Gasteiger partial charge in [-0.05, 0) is 18.7 Å². The van der Waals surface area contributed by atoms with Crippen LogP contribution < -0.4 is 0 Å². The van der Waals surface area contributed by atoms with E-state index >= 15 is 0 Å². The first-order chi connectivity index (χ1) is 4.90. The highest BCUT2D eigenvalue weighted by Gasteiger charge is 2.33. The van der Waals surface area contributed by atoms with E-state index < -0.39 is 15.3 Å². The SMILES string of the molecule is COC(=O)SC(C)(S)C(=O)O. The van der Waals surface area contributed by atoms with E-state index in [0.29, 0.717) is 11.8 Å². The summed E-state index contributed by atoms with van der Waals surface area (Å²) in [7, 11) is 1.18. The lowest BCUT2D eigenvalue weighted by Gasteiger charge is -2.14. The van der Waals surface area contributed by atoms with Crippen LogP contribution >= 0.6 is 24.4 Å². The van der Waals surface area contributed by atoms with Crippen molar-refractivity contribution in [3.05, 3.63) is 0 Å². The van der Waals surface area contributed by atoms with E-state index in [1.165, 1.54) is 14.0 Å². The van der Waals surface area contributed by atoms with Gasteiger partial charge in [-0.25, -0.2) is 9.59 Å². The molecule has 0 spiro atoms. The van der Waals surface area contributed by atoms with E-state index in [2.05, 4.69) is 17.4 Å². The Bertz CT molecular complexity index is 177. The third-order valence-electron chi connectivity index (χ3n) is 0.846. The smallest absolute Gasteiger partial charge is 0.368 e. The Morgan fingerprint density at radius 1 is 1.64 bits per heavy atom. The Balaban J connectivity index is 4.12. The lowest BCUT2D eigenvalue weighted by molar-refractivity contribution is -0.136. The van der Waals surface area contributed by atoms with Gasteiger partial charge in [-0.2, -0.15) is 0 Å². The molecule has 0 aliphatic rings. The molecular weight excluding hydrogens is 188 g/mol. The predicted molar refractivity (Wildman–Crippen MR) is 45.0 cm³/mol. The van der Waals surface area contributed by atoms with E-state index in [-0.39, 0.29) is 0 Å². The average Bonchev–Trinajstić information content (AvgIpc) is 1.86. The number of carbonyl (C=O) groups is 2. The standard InChI is InChI=1S/C5H8O4S2/c1-5(10,3(6)7)11-4(8)9-2/h10H,1-2H3,(H,6,7). The minimum Gasteiger partial charge on any atom is -0.480 e. The van der Waals surface area contributed by atoms with Gasteiger partial charge in [0.2, 0.25) is 0 Å². The molecule has 0 aliphatic carbocycles. The zero-order chi connectivity index (χ0) is 9.07. The molecule has 1 unspecified atom stereocenters. The number of ether oxygens (including phenoxy) is 1. The molecule has 0 heterocycles. The molecule has 4 nitrogen and oxygen atoms in total. The monoisotopic (exact) mass is 196 g/mol. The highest BCUT2D eigenvalue weighted by Crippen LogP contribution is 2.30. The first-order valence-corrected chi connectivity index (χ1v) is 3.89. The number of methoxy groups -OCH3 is 1. The molecule has 0 amide bonds. The minimum absolute atomic E-state index is 0.514. The summed E-state index contributed by atoms with van der Waals surface area (Å²) in [5.74, 6) is -1.17. The molecule has 6 heteroatoms. The van der Waals surface area contributed by atoms with Gasteiger partial charge in [0.25, 0.3) is 0 Å². The largest absolute Gasteiger partial charge is 0.480 e. The molecule has 0 aromatic heterocycles. The normalized spacial score (nSPS) is 15.2. The summed E-state index contributed by atoms with van der Waals surface area (Å²) in [5, 5.41) is 7.82. The first kappa shape index (κ1) is 10.6. The van der Waals surface area contributed by atoms with E-state index in [4.69, 9.17) is 5.11 Å². The van der Waals surface area contributed by atoms with E-state index in [1.54, 1.807) is 0 Å². The number of aliphatic carboxylic acids is 1. The number of carboxylic acid groups (broad SMARTS) is 1. The predicted octanol–water partition coefficient (Wildman–Crippen LogP) is 1.22. The molecule has 0 aliphatic heterocycles. The van der Waals surface area contributed by atoms with Crippen LogP contribution in [0, 0.1) is 0 Å². The second-order valence-corrected chi connectivity index (χ2v) is 4.40. The third-order valence-corrected chi connectivity index (χ3v) is 2.22. The highest BCUT2D eigenvalue weighted by molar-refractivity contribution is 8.22. The maximum Gasteiger partial charge on any atom is 0.368 e. The summed E-state index contributed by atoms with van der Waals surface area (Å²) in [6, 6.07) is 0. The fourth-order valence-electron chi connectivity index (χ4n) is 0.248. The number of carbonyl (C=O) groups excluding carboxylic acids is 1. The maximum absolute atomic E-state index is 10.6. The van der Waals surface area contributed by atoms with Gasteiger partial charge in [0, 0.05) is 0 Å². The van der Waals surface area contributed by atoms with Gasteiger partial charge in [-0.3, -0.25) is 0 Å². The van der Waals surface area contributed by atoms with Crippen molar-refractivity contribution in [3.63, 3.8) is 0 Å². The number of thioether (sulfide) groups is 1. The molecule has 0 fully saturated rings. The summed E-state index contributed by atoms with van der Waals surface area (Å²) in [5.41, 5.74) is 0. The molecule has 0 aromatic rings. The van der Waals surface area contributed by atoms with Gasteiger partial charge in [0.15, 0.2) is 4.08 Å². The number of rotatable bonds is 2. The van der Waals surface area contributed by atoms with Crippen molar-refractivity contribution in [2.24, 2.45) is 0 Å². The number of hydrogen-bond donors (Lipinski definition) is 2. The molecule has 0 saturated carbocycles. The van der Waals surface area contributed by atoms with E-state index in [9.17, 15) is 9.59 Å². The second-order valence-electron chi connectivity index (χ2n) is 1.84. The molecule has 1 N–H and O–H groups in total. The van der Waals surface area contributed by atoms with Crippen LogP contribution in [0.25, 0.3) is 0 Å². The molecular formula is C5H8O4S2. The van der Waals surface area contributed by atoms with Gasteiger partial charge in [0.05, 0.1) is 7.11 Å². The fraction of sp³-hybridized carbons (Fsp3) is 0.600. The lowest BCUT2D eigenvalue weighted by atomic mass is 10.5. The fourth-order valence-corrected chi connectivity index (χ4v) is 0.966. The van der Waals surface area contributed by atoms with Crippen LogP contribution in [0.4, 0.5) is 4.79 Å². The van der Waals surface area contributed by atoms with Crippen LogP contribution in [0.3, 0.4) is 0 Å². The van der Waals surface area contributed by atoms with Crippen LogP contribution in [0.2, 0.25) is 0 Å². The summed E-state index contributed by atoms with van der Waals surface area (Å²) in [6.45, 7) is 1.31. The Labute approximate surface area is 73.7 Å². The Hall–Kier alpha value is -0.360. The first-order valence-electron chi connectivity index (χ1n) is 2.63. The quantitative estimate of drug-likeness (QED) is 0.395. The Morgan fingerprint density at radius 2 is 2.09 bits per heavy atom. The van der Waals surface area contributed by atoms with Crippen molar-refractivity contribution < 1.29 is 19.4 Å². The van der Waals surface area contributed by atoms with Crippen LogP contribution in [0.15, 0.2) is 0 Å². The number of thiol groups is 1. The highest BCUT2D eigenvalue weighted by atomic mass is 32.2. The summed E-state index contributed by atoms with van der Waals surface area (Å²) < 4.78 is 2.82. The zero-order valence-corrected chi connectivity index (χ0v) is 7.74. The zero-order valence-electron chi connectivity index (χ0n) is 6.03. The molecule has 0 bridgehead atoms. The lowest BCUT2D eigenvalue weighted by Crippen LogP contribution is -2.26. The van der Waals surface area contributed by atoms with Crippen molar-refractivity contribution in [1.29, 1.82) is 0 Å². The summed E-state index contributed by atoms with van der Waals surface area (Å²) in [6.07, 6.45) is 0. The van der Waals surface area contributed by atoms with Gasteiger partial charge < -0.3 is 9.84 Å². The molecule has 0 radical (unpaired) electrons. The van der Waals surface area contributed by atoms with E-state index in [1.807, 2.05) is 0 Å². The summed E-state index contributed by atoms with van der Waals surface area (Å²) >= 11 is 4.25.